The summed E-state index contributed by atoms with van der Waals surface area (Å²) in [5, 5.41) is 13.1. The maximum atomic E-state index is 4.25. The van der Waals surface area contributed by atoms with Gasteiger partial charge in [-0.3, -0.25) is 0 Å². The molecule has 0 radical (unpaired) electrons. The Labute approximate surface area is 141 Å². The van der Waals surface area contributed by atoms with Crippen molar-refractivity contribution in [1.29, 1.82) is 0 Å². The van der Waals surface area contributed by atoms with E-state index < -0.39 is 0 Å². The second-order valence-electron chi connectivity index (χ2n) is 4.31. The third-order valence-electron chi connectivity index (χ3n) is 3.02. The van der Waals surface area contributed by atoms with Gasteiger partial charge in [0.1, 0.15) is 0 Å². The van der Waals surface area contributed by atoms with E-state index in [0.29, 0.717) is 5.82 Å². The molecule has 0 aliphatic rings. The molecule has 6 heteroatoms. The van der Waals surface area contributed by atoms with E-state index in [0.717, 1.165) is 22.0 Å². The third-order valence-corrected chi connectivity index (χ3v) is 3.88. The highest BCUT2D eigenvalue weighted by Crippen LogP contribution is 2.30. The van der Waals surface area contributed by atoms with Crippen molar-refractivity contribution in [2.45, 2.75) is 19.2 Å². The number of rotatable bonds is 3. The van der Waals surface area contributed by atoms with E-state index in [1.54, 1.807) is 0 Å². The maximum Gasteiger partial charge on any atom is 0.205 e. The van der Waals surface area contributed by atoms with E-state index in [9.17, 15) is 0 Å². The summed E-state index contributed by atoms with van der Waals surface area (Å²) < 4.78 is 1.39. The number of hydrogen-bond acceptors (Lipinski definition) is 3. The fourth-order valence-corrected chi connectivity index (χ4v) is 2.57. The molecule has 114 valence electrons. The van der Waals surface area contributed by atoms with Gasteiger partial charge in [-0.05, 0) is 21.9 Å². The summed E-state index contributed by atoms with van der Waals surface area (Å²) in [5.41, 5.74) is 4.48. The molecule has 3 aromatic rings. The summed E-state index contributed by atoms with van der Waals surface area (Å²) in [4.78, 5) is 0. The minimum absolute atomic E-state index is 0.625. The van der Waals surface area contributed by atoms with Gasteiger partial charge in [-0.2, -0.15) is 4.57 Å². The highest BCUT2D eigenvalue weighted by molar-refractivity contribution is 9.08. The van der Waals surface area contributed by atoms with Crippen LogP contribution in [0.15, 0.2) is 48.5 Å². The second kappa shape index (κ2) is 8.16. The van der Waals surface area contributed by atoms with Crippen LogP contribution in [0, 0.1) is 0 Å². The molecule has 2 aromatic carbocycles. The normalized spacial score (nSPS) is 10.0. The summed E-state index contributed by atoms with van der Waals surface area (Å²) >= 11 is 3.46. The molecule has 1 unspecified atom stereocenters. The van der Waals surface area contributed by atoms with Gasteiger partial charge in [0.2, 0.25) is 5.82 Å². The lowest BCUT2D eigenvalue weighted by Gasteiger charge is -2.07. The standard InChI is InChI=1S/C14H12BrN4P.C2H6/c15-9-10-5-7-11(8-6-10)12-3-1-2-4-13(12)14-16-18-19(20)17-14;1-2/h1-8H,9,20H2;1-2H3. The average molecular weight is 377 g/mol. The van der Waals surface area contributed by atoms with Crippen molar-refractivity contribution in [1.82, 2.24) is 20.0 Å². The molecule has 3 rings (SSSR count). The summed E-state index contributed by atoms with van der Waals surface area (Å²) in [5.74, 6) is 0.625. The molecule has 1 atom stereocenters. The highest BCUT2D eigenvalue weighted by Gasteiger charge is 2.11. The molecule has 0 amide bonds. The monoisotopic (exact) mass is 376 g/mol. The summed E-state index contributed by atoms with van der Waals surface area (Å²) in [6.45, 7) is 4.00. The van der Waals surface area contributed by atoms with Gasteiger partial charge in [-0.15, -0.1) is 10.2 Å². The Bertz CT molecular complexity index is 725. The lowest BCUT2D eigenvalue weighted by atomic mass is 9.98. The zero-order valence-corrected chi connectivity index (χ0v) is 15.3. The van der Waals surface area contributed by atoms with Gasteiger partial charge in [0.15, 0.2) is 0 Å². The summed E-state index contributed by atoms with van der Waals surface area (Å²) in [7, 11) is 2.38. The van der Waals surface area contributed by atoms with Gasteiger partial charge in [0, 0.05) is 20.3 Å². The molecule has 0 saturated heterocycles. The van der Waals surface area contributed by atoms with Gasteiger partial charge >= 0.3 is 0 Å². The van der Waals surface area contributed by atoms with Crippen LogP contribution in [-0.2, 0) is 5.33 Å². The number of aromatic nitrogens is 4. The first-order valence-electron chi connectivity index (χ1n) is 7.07. The predicted molar refractivity (Wildman–Crippen MR) is 97.8 cm³/mol. The van der Waals surface area contributed by atoms with Crippen molar-refractivity contribution in [3.8, 4) is 22.5 Å². The van der Waals surface area contributed by atoms with Crippen LogP contribution in [0.25, 0.3) is 22.5 Å². The minimum Gasteiger partial charge on any atom is -0.150 e. The topological polar surface area (TPSA) is 43.6 Å². The Balaban J connectivity index is 0.000000847. The Morgan fingerprint density at radius 2 is 1.64 bits per heavy atom. The Hall–Kier alpha value is -1.58. The van der Waals surface area contributed by atoms with Gasteiger partial charge in [-0.1, -0.05) is 78.3 Å². The molecule has 1 aromatic heterocycles. The van der Waals surface area contributed by atoms with Crippen LogP contribution in [0.2, 0.25) is 0 Å². The molecular weight excluding hydrogens is 359 g/mol. The predicted octanol–water partition coefficient (Wildman–Crippen LogP) is 4.57. The zero-order valence-electron chi connectivity index (χ0n) is 12.6. The smallest absolute Gasteiger partial charge is 0.150 e. The molecule has 0 saturated carbocycles. The van der Waals surface area contributed by atoms with E-state index in [2.05, 4.69) is 71.1 Å². The molecule has 0 aliphatic heterocycles. The van der Waals surface area contributed by atoms with Crippen LogP contribution < -0.4 is 0 Å². The van der Waals surface area contributed by atoms with Crippen LogP contribution in [0.4, 0.5) is 0 Å². The van der Waals surface area contributed by atoms with Crippen molar-refractivity contribution < 1.29 is 0 Å². The van der Waals surface area contributed by atoms with E-state index in [-0.39, 0.29) is 0 Å². The highest BCUT2D eigenvalue weighted by atomic mass is 79.9. The minimum atomic E-state index is 0.625. The molecule has 0 N–H and O–H groups in total. The summed E-state index contributed by atoms with van der Waals surface area (Å²) in [6, 6.07) is 16.5. The van der Waals surface area contributed by atoms with Crippen molar-refractivity contribution in [3.05, 3.63) is 54.1 Å². The maximum absolute atomic E-state index is 4.25. The van der Waals surface area contributed by atoms with Gasteiger partial charge in [0.05, 0.1) is 0 Å². The SMILES string of the molecule is CC.Pn1nnc(-c2ccccc2-c2ccc(CBr)cc2)n1. The number of nitrogens with zero attached hydrogens (tertiary/aromatic N) is 4. The largest absolute Gasteiger partial charge is 0.205 e. The molecule has 22 heavy (non-hydrogen) atoms. The number of benzene rings is 2. The first kappa shape index (κ1) is 16.8. The average Bonchev–Trinajstić information content (AvgIpc) is 3.03. The molecule has 0 bridgehead atoms. The fraction of sp³-hybridized carbons (Fsp3) is 0.188. The third kappa shape index (κ3) is 3.79. The first-order valence-corrected chi connectivity index (χ1v) is 8.71. The van der Waals surface area contributed by atoms with Gasteiger partial charge < -0.3 is 0 Å². The Kier molecular flexibility index (Phi) is 6.22. The van der Waals surface area contributed by atoms with Crippen molar-refractivity contribution in [2.75, 3.05) is 0 Å². The zero-order chi connectivity index (χ0) is 15.9. The van der Waals surface area contributed by atoms with Crippen molar-refractivity contribution in [3.63, 3.8) is 0 Å². The number of halogens is 1. The fourth-order valence-electron chi connectivity index (χ4n) is 2.04. The van der Waals surface area contributed by atoms with Crippen molar-refractivity contribution >= 4 is 25.3 Å². The molecule has 1 heterocycles. The van der Waals surface area contributed by atoms with E-state index >= 15 is 0 Å². The quantitative estimate of drug-likeness (QED) is 0.496. The van der Waals surface area contributed by atoms with Crippen LogP contribution in [0.1, 0.15) is 19.4 Å². The lowest BCUT2D eigenvalue weighted by molar-refractivity contribution is 0.818. The molecule has 0 spiro atoms. The number of alkyl halides is 1. The lowest BCUT2D eigenvalue weighted by Crippen LogP contribution is -1.88. The molecular formula is C16H18BrN4P. The van der Waals surface area contributed by atoms with E-state index in [4.69, 9.17) is 0 Å². The second-order valence-corrected chi connectivity index (χ2v) is 5.33. The van der Waals surface area contributed by atoms with Crippen molar-refractivity contribution in [2.24, 2.45) is 0 Å². The molecule has 4 nitrogen and oxygen atoms in total. The van der Waals surface area contributed by atoms with Crippen LogP contribution in [0.3, 0.4) is 0 Å². The number of tetrazole rings is 1. The molecule has 0 fully saturated rings. The molecule has 0 aliphatic carbocycles. The van der Waals surface area contributed by atoms with E-state index in [1.807, 2.05) is 32.0 Å². The van der Waals surface area contributed by atoms with Crippen LogP contribution in [0.5, 0.6) is 0 Å². The van der Waals surface area contributed by atoms with E-state index in [1.165, 1.54) is 10.1 Å². The van der Waals surface area contributed by atoms with Gasteiger partial charge in [-0.25, -0.2) is 0 Å². The first-order chi connectivity index (χ1) is 10.8. The Morgan fingerprint density at radius 3 is 2.18 bits per heavy atom. The van der Waals surface area contributed by atoms with Gasteiger partial charge in [0.25, 0.3) is 0 Å². The van der Waals surface area contributed by atoms with Crippen LogP contribution in [-0.4, -0.2) is 20.0 Å². The Morgan fingerprint density at radius 1 is 1.00 bits per heavy atom. The number of hydrogen-bond donors (Lipinski definition) is 0. The summed E-state index contributed by atoms with van der Waals surface area (Å²) in [6.07, 6.45) is 0. The van der Waals surface area contributed by atoms with Crippen LogP contribution >= 0.6 is 25.3 Å².